The van der Waals surface area contributed by atoms with E-state index in [9.17, 15) is 9.59 Å². The summed E-state index contributed by atoms with van der Waals surface area (Å²) in [7, 11) is 0. The number of nitrogens with zero attached hydrogens (tertiary/aromatic N) is 3. The van der Waals surface area contributed by atoms with Gasteiger partial charge in [-0.25, -0.2) is 4.68 Å². The molecule has 0 aliphatic carbocycles. The van der Waals surface area contributed by atoms with Gasteiger partial charge in [-0.2, -0.15) is 5.10 Å². The molecule has 0 fully saturated rings. The van der Waals surface area contributed by atoms with Gasteiger partial charge in [0.2, 0.25) is 5.91 Å². The van der Waals surface area contributed by atoms with Crippen molar-refractivity contribution in [2.24, 2.45) is 0 Å². The Hall–Kier alpha value is -2.63. The molecule has 23 heavy (non-hydrogen) atoms. The monoisotopic (exact) mass is 312 g/mol. The van der Waals surface area contributed by atoms with Crippen molar-refractivity contribution in [1.82, 2.24) is 9.78 Å². The number of hydrogen-bond acceptors (Lipinski definition) is 3. The largest absolute Gasteiger partial charge is 0.312 e. The van der Waals surface area contributed by atoms with Crippen LogP contribution in [0.4, 0.5) is 11.5 Å². The smallest absolute Gasteiger partial charge is 0.256 e. The van der Waals surface area contributed by atoms with Gasteiger partial charge in [-0.05, 0) is 44.0 Å². The highest BCUT2D eigenvalue weighted by Crippen LogP contribution is 2.29. The molecule has 0 bridgehead atoms. The summed E-state index contributed by atoms with van der Waals surface area (Å²) >= 11 is 0. The Balaban J connectivity index is 1.81. The molecule has 6 nitrogen and oxygen atoms in total. The zero-order valence-electron chi connectivity index (χ0n) is 13.5. The summed E-state index contributed by atoms with van der Waals surface area (Å²) < 4.78 is 1.77. The van der Waals surface area contributed by atoms with Crippen LogP contribution in [0.1, 0.15) is 42.7 Å². The Kier molecular flexibility index (Phi) is 3.90. The summed E-state index contributed by atoms with van der Waals surface area (Å²) in [5.74, 6) is 0.536. The molecular weight excluding hydrogens is 292 g/mol. The number of anilines is 2. The first-order valence-electron chi connectivity index (χ1n) is 7.73. The molecule has 1 aliphatic rings. The van der Waals surface area contributed by atoms with Gasteiger partial charge in [0.15, 0.2) is 0 Å². The number of carbonyl (C=O) groups is 2. The van der Waals surface area contributed by atoms with Crippen molar-refractivity contribution in [1.29, 1.82) is 0 Å². The zero-order chi connectivity index (χ0) is 16.6. The maximum Gasteiger partial charge on any atom is 0.256 e. The third-order valence-corrected chi connectivity index (χ3v) is 4.02. The molecule has 0 saturated carbocycles. The van der Waals surface area contributed by atoms with Gasteiger partial charge >= 0.3 is 0 Å². The highest BCUT2D eigenvalue weighted by Gasteiger charge is 2.23. The number of nitrogens with one attached hydrogen (secondary N) is 1. The Bertz CT molecular complexity index is 764. The molecule has 2 amide bonds. The summed E-state index contributed by atoms with van der Waals surface area (Å²) in [6.45, 7) is 6.25. The predicted octanol–water partition coefficient (Wildman–Crippen LogP) is 2.63. The van der Waals surface area contributed by atoms with Gasteiger partial charge in [0.25, 0.3) is 5.91 Å². The molecule has 0 unspecified atom stereocenters. The van der Waals surface area contributed by atoms with Crippen LogP contribution in [-0.2, 0) is 11.2 Å². The number of fused-ring (bicyclic) bond motifs is 1. The van der Waals surface area contributed by atoms with Crippen LogP contribution < -0.4 is 10.2 Å². The molecular formula is C17H20N4O2. The van der Waals surface area contributed by atoms with Crippen LogP contribution in [0.3, 0.4) is 0 Å². The molecule has 0 radical (unpaired) electrons. The zero-order valence-corrected chi connectivity index (χ0v) is 13.5. The van der Waals surface area contributed by atoms with Crippen LogP contribution >= 0.6 is 0 Å². The average molecular weight is 312 g/mol. The maximum absolute atomic E-state index is 12.5. The molecule has 2 heterocycles. The topological polar surface area (TPSA) is 67.2 Å². The summed E-state index contributed by atoms with van der Waals surface area (Å²) in [4.78, 5) is 25.8. The fraction of sp³-hybridized carbons (Fsp3) is 0.353. The van der Waals surface area contributed by atoms with E-state index in [-0.39, 0.29) is 17.9 Å². The van der Waals surface area contributed by atoms with Gasteiger partial charge < -0.3 is 10.2 Å². The van der Waals surface area contributed by atoms with Crippen LogP contribution in [0.25, 0.3) is 0 Å². The fourth-order valence-electron chi connectivity index (χ4n) is 2.88. The normalized spacial score (nSPS) is 13.3. The SMILES string of the molecule is CC(=O)N1CCc2cc(C(=O)Nc3ccnn3C(C)C)ccc21. The minimum atomic E-state index is -0.170. The van der Waals surface area contributed by atoms with Gasteiger partial charge in [0, 0.05) is 36.8 Å². The van der Waals surface area contributed by atoms with E-state index in [1.54, 1.807) is 34.8 Å². The highest BCUT2D eigenvalue weighted by atomic mass is 16.2. The summed E-state index contributed by atoms with van der Waals surface area (Å²) in [6, 6.07) is 7.42. The second kappa shape index (κ2) is 5.87. The fourth-order valence-corrected chi connectivity index (χ4v) is 2.88. The van der Waals surface area contributed by atoms with E-state index in [0.717, 1.165) is 17.7 Å². The summed E-state index contributed by atoms with van der Waals surface area (Å²) in [5, 5.41) is 7.10. The Morgan fingerprint density at radius 2 is 2.04 bits per heavy atom. The molecule has 0 spiro atoms. The van der Waals surface area contributed by atoms with Gasteiger partial charge in [0.05, 0.1) is 6.20 Å². The number of aromatic nitrogens is 2. The quantitative estimate of drug-likeness (QED) is 0.947. The van der Waals surface area contributed by atoms with Crippen LogP contribution in [0.5, 0.6) is 0 Å². The van der Waals surface area contributed by atoms with E-state index in [4.69, 9.17) is 0 Å². The predicted molar refractivity (Wildman–Crippen MR) is 88.7 cm³/mol. The van der Waals surface area contributed by atoms with Crippen molar-refractivity contribution < 1.29 is 9.59 Å². The summed E-state index contributed by atoms with van der Waals surface area (Å²) in [5.41, 5.74) is 2.53. The van der Waals surface area contributed by atoms with Crippen LogP contribution in [0.15, 0.2) is 30.5 Å². The van der Waals surface area contributed by atoms with Crippen LogP contribution in [-0.4, -0.2) is 28.1 Å². The van der Waals surface area contributed by atoms with E-state index >= 15 is 0 Å². The van der Waals surface area contributed by atoms with Crippen LogP contribution in [0.2, 0.25) is 0 Å². The molecule has 1 N–H and O–H groups in total. The number of hydrogen-bond donors (Lipinski definition) is 1. The van der Waals surface area contributed by atoms with Crippen molar-refractivity contribution in [2.45, 2.75) is 33.2 Å². The second-order valence-corrected chi connectivity index (χ2v) is 5.97. The van der Waals surface area contributed by atoms with Crippen molar-refractivity contribution in [3.63, 3.8) is 0 Å². The molecule has 0 atom stereocenters. The molecule has 120 valence electrons. The lowest BCUT2D eigenvalue weighted by Gasteiger charge is -2.15. The lowest BCUT2D eigenvalue weighted by Crippen LogP contribution is -2.25. The van der Waals surface area contributed by atoms with E-state index in [0.29, 0.717) is 17.9 Å². The molecule has 3 rings (SSSR count). The molecule has 1 aromatic heterocycles. The second-order valence-electron chi connectivity index (χ2n) is 5.97. The minimum absolute atomic E-state index is 0.0294. The van der Waals surface area contributed by atoms with E-state index in [1.807, 2.05) is 26.0 Å². The third-order valence-electron chi connectivity index (χ3n) is 4.02. The van der Waals surface area contributed by atoms with Gasteiger partial charge in [-0.15, -0.1) is 0 Å². The number of carbonyl (C=O) groups excluding carboxylic acids is 2. The van der Waals surface area contributed by atoms with E-state index in [2.05, 4.69) is 10.4 Å². The third kappa shape index (κ3) is 2.84. The molecule has 1 aromatic carbocycles. The average Bonchev–Trinajstić information content (AvgIpc) is 3.12. The molecule has 0 saturated heterocycles. The van der Waals surface area contributed by atoms with Gasteiger partial charge in [0.1, 0.15) is 5.82 Å². The lowest BCUT2D eigenvalue weighted by molar-refractivity contribution is -0.116. The molecule has 6 heteroatoms. The van der Waals surface area contributed by atoms with Crippen LogP contribution in [0, 0.1) is 0 Å². The maximum atomic E-state index is 12.5. The van der Waals surface area contributed by atoms with Gasteiger partial charge in [-0.3, -0.25) is 9.59 Å². The van der Waals surface area contributed by atoms with Crippen molar-refractivity contribution in [2.75, 3.05) is 16.8 Å². The van der Waals surface area contributed by atoms with Gasteiger partial charge in [-0.1, -0.05) is 0 Å². The first-order chi connectivity index (χ1) is 11.0. The van der Waals surface area contributed by atoms with Crippen molar-refractivity contribution >= 4 is 23.3 Å². The first kappa shape index (κ1) is 15.3. The first-order valence-corrected chi connectivity index (χ1v) is 7.73. The minimum Gasteiger partial charge on any atom is -0.312 e. The van der Waals surface area contributed by atoms with E-state index in [1.165, 1.54) is 0 Å². The number of rotatable bonds is 3. The molecule has 1 aliphatic heterocycles. The van der Waals surface area contributed by atoms with E-state index < -0.39 is 0 Å². The van der Waals surface area contributed by atoms with Crippen molar-refractivity contribution in [3.8, 4) is 0 Å². The number of benzene rings is 1. The molecule has 2 aromatic rings. The number of amides is 2. The lowest BCUT2D eigenvalue weighted by atomic mass is 10.1. The summed E-state index contributed by atoms with van der Waals surface area (Å²) in [6.07, 6.45) is 2.45. The highest BCUT2D eigenvalue weighted by molar-refractivity contribution is 6.05. The Labute approximate surface area is 135 Å². The van der Waals surface area contributed by atoms with Crippen molar-refractivity contribution in [3.05, 3.63) is 41.6 Å². The Morgan fingerprint density at radius 1 is 1.26 bits per heavy atom. The Morgan fingerprint density at radius 3 is 2.74 bits per heavy atom. The standard InChI is InChI=1S/C17H20N4O2/c1-11(2)21-16(6-8-18-21)19-17(23)14-4-5-15-13(10-14)7-9-20(15)12(3)22/h4-6,8,10-11H,7,9H2,1-3H3,(H,19,23).